The number of hydrogen-bond acceptors (Lipinski definition) is 3. The number of rotatable bonds is 5. The molecule has 344 valence electrons. The van der Waals surface area contributed by atoms with E-state index < -0.39 is 0 Å². The van der Waals surface area contributed by atoms with Crippen LogP contribution in [0.15, 0.2) is 192 Å². The molecule has 1 atom stereocenters. The molecule has 10 aromatic rings. The van der Waals surface area contributed by atoms with Crippen LogP contribution in [0.3, 0.4) is 0 Å². The van der Waals surface area contributed by atoms with Crippen LogP contribution in [0.2, 0.25) is 0 Å². The van der Waals surface area contributed by atoms with E-state index in [0.717, 1.165) is 89.4 Å². The van der Waals surface area contributed by atoms with Crippen molar-refractivity contribution < 1.29 is 9.15 Å². The van der Waals surface area contributed by atoms with E-state index in [2.05, 4.69) is 255 Å². The number of benzene rings is 9. The summed E-state index contributed by atoms with van der Waals surface area (Å²) in [5, 5.41) is 2.18. The molecule has 0 amide bonds. The molecule has 1 unspecified atom stereocenters. The minimum absolute atomic E-state index is 0.0185. The topological polar surface area (TPSA) is 25.6 Å². The Morgan fingerprint density at radius 1 is 0.400 bits per heavy atom. The van der Waals surface area contributed by atoms with Gasteiger partial charge in [-0.3, -0.25) is 0 Å². The Labute approximate surface area is 413 Å². The van der Waals surface area contributed by atoms with Crippen molar-refractivity contribution >= 4 is 39.0 Å². The van der Waals surface area contributed by atoms with Gasteiger partial charge in [-0.1, -0.05) is 208 Å². The zero-order valence-corrected chi connectivity index (χ0v) is 41.7. The predicted octanol–water partition coefficient (Wildman–Crippen LogP) is 19.2. The van der Waals surface area contributed by atoms with Gasteiger partial charge in [0.1, 0.15) is 22.7 Å². The molecule has 0 aliphatic carbocycles. The maximum atomic E-state index is 7.32. The van der Waals surface area contributed by atoms with Crippen LogP contribution in [-0.4, -0.2) is 0 Å². The lowest BCUT2D eigenvalue weighted by molar-refractivity contribution is 0.452. The molecule has 0 fully saturated rings. The van der Waals surface area contributed by atoms with Gasteiger partial charge in [0.25, 0.3) is 0 Å². The van der Waals surface area contributed by atoms with Gasteiger partial charge in [-0.2, -0.15) is 0 Å². The van der Waals surface area contributed by atoms with Gasteiger partial charge in [0.15, 0.2) is 0 Å². The number of para-hydroxylation sites is 1. The summed E-state index contributed by atoms with van der Waals surface area (Å²) in [5.41, 5.74) is 21.4. The average Bonchev–Trinajstić information content (AvgIpc) is 3.73. The Balaban J connectivity index is 1.21. The Kier molecular flexibility index (Phi) is 9.96. The molecule has 2 aliphatic heterocycles. The normalized spacial score (nSPS) is 14.3. The fourth-order valence-electron chi connectivity index (χ4n) is 10.9. The third-order valence-electron chi connectivity index (χ3n) is 14.8. The first-order valence-corrected chi connectivity index (χ1v) is 24.9. The smallest absolute Gasteiger partial charge is 0.145 e. The standard InChI is InChI=1S/C67H59NO2/c1-65(2,3)47-30-31-55-53(39-47)61-54-35-44(45-33-48(66(4,5)6)38-49(34-45)67(7,8)9)29-32-58(54)69-59-37-46(41-21-13-10-14-22-41)36-56(62(59)61)68(55)63-51(42-23-15-11-16-24-42)40-52-50-27-19-20-28-57(50)70-64(52)60(63)43-25-17-12-18-26-43/h10-40,61H,1-9H3. The number of ether oxygens (including phenoxy) is 1. The Morgan fingerprint density at radius 2 is 1.00 bits per heavy atom. The van der Waals surface area contributed by atoms with E-state index >= 15 is 0 Å². The Hall–Kier alpha value is -7.62. The minimum Gasteiger partial charge on any atom is -0.457 e. The molecule has 0 N–H and O–H groups in total. The summed E-state index contributed by atoms with van der Waals surface area (Å²) in [6, 6.07) is 69.4. The number of nitrogens with zero attached hydrogens (tertiary/aromatic N) is 1. The van der Waals surface area contributed by atoms with E-state index in [-0.39, 0.29) is 22.2 Å². The molecule has 0 saturated heterocycles. The third-order valence-corrected chi connectivity index (χ3v) is 14.8. The molecule has 12 rings (SSSR count). The van der Waals surface area contributed by atoms with Gasteiger partial charge in [-0.15, -0.1) is 0 Å². The number of hydrogen-bond donors (Lipinski definition) is 0. The maximum Gasteiger partial charge on any atom is 0.145 e. The zero-order valence-electron chi connectivity index (χ0n) is 41.7. The van der Waals surface area contributed by atoms with Crippen LogP contribution in [0, 0.1) is 0 Å². The van der Waals surface area contributed by atoms with Crippen LogP contribution in [-0.2, 0) is 16.2 Å². The first-order chi connectivity index (χ1) is 33.6. The van der Waals surface area contributed by atoms with Crippen molar-refractivity contribution in [2.45, 2.75) is 84.5 Å². The van der Waals surface area contributed by atoms with E-state index in [4.69, 9.17) is 9.15 Å². The van der Waals surface area contributed by atoms with E-state index in [1.54, 1.807) is 0 Å². The molecule has 0 spiro atoms. The summed E-state index contributed by atoms with van der Waals surface area (Å²) in [4.78, 5) is 2.56. The maximum absolute atomic E-state index is 7.32. The van der Waals surface area contributed by atoms with Gasteiger partial charge in [0.2, 0.25) is 0 Å². The highest BCUT2D eigenvalue weighted by molar-refractivity contribution is 6.17. The first kappa shape index (κ1) is 43.6. The number of fused-ring (bicyclic) bond motifs is 7. The Bertz CT molecular complexity index is 3640. The van der Waals surface area contributed by atoms with Crippen molar-refractivity contribution in [3.8, 4) is 56.0 Å². The molecular formula is C67H59NO2. The van der Waals surface area contributed by atoms with Crippen molar-refractivity contribution in [3.05, 3.63) is 221 Å². The van der Waals surface area contributed by atoms with Gasteiger partial charge in [0, 0.05) is 38.9 Å². The fraction of sp³-hybridized carbons (Fsp3) is 0.194. The zero-order chi connectivity index (χ0) is 48.3. The quantitative estimate of drug-likeness (QED) is 0.172. The summed E-state index contributed by atoms with van der Waals surface area (Å²) in [5.74, 6) is 1.63. The minimum atomic E-state index is -0.129. The van der Waals surface area contributed by atoms with Crippen LogP contribution in [0.25, 0.3) is 66.4 Å². The van der Waals surface area contributed by atoms with Crippen LogP contribution >= 0.6 is 0 Å². The highest BCUT2D eigenvalue weighted by Crippen LogP contribution is 2.63. The monoisotopic (exact) mass is 909 g/mol. The molecule has 9 aromatic carbocycles. The highest BCUT2D eigenvalue weighted by Gasteiger charge is 2.42. The van der Waals surface area contributed by atoms with Gasteiger partial charge >= 0.3 is 0 Å². The van der Waals surface area contributed by atoms with Crippen LogP contribution in [0.1, 0.15) is 102 Å². The first-order valence-electron chi connectivity index (χ1n) is 24.9. The van der Waals surface area contributed by atoms with E-state index in [1.165, 1.54) is 38.9 Å². The van der Waals surface area contributed by atoms with Crippen molar-refractivity contribution in [2.24, 2.45) is 0 Å². The summed E-state index contributed by atoms with van der Waals surface area (Å²) in [6.45, 7) is 20.9. The molecule has 2 aliphatic rings. The van der Waals surface area contributed by atoms with Gasteiger partial charge in [-0.05, 0) is 114 Å². The molecule has 3 heteroatoms. The third kappa shape index (κ3) is 7.25. The van der Waals surface area contributed by atoms with Gasteiger partial charge in [-0.25, -0.2) is 0 Å². The summed E-state index contributed by atoms with van der Waals surface area (Å²) < 4.78 is 14.4. The largest absolute Gasteiger partial charge is 0.457 e. The van der Waals surface area contributed by atoms with Gasteiger partial charge in [0.05, 0.1) is 17.1 Å². The van der Waals surface area contributed by atoms with Crippen molar-refractivity contribution in [2.75, 3.05) is 4.90 Å². The molecule has 0 bridgehead atoms. The number of anilines is 3. The average molecular weight is 910 g/mol. The molecule has 0 radical (unpaired) electrons. The van der Waals surface area contributed by atoms with Gasteiger partial charge < -0.3 is 14.1 Å². The lowest BCUT2D eigenvalue weighted by Crippen LogP contribution is -2.27. The second-order valence-electron chi connectivity index (χ2n) is 22.6. The van der Waals surface area contributed by atoms with E-state index in [0.29, 0.717) is 0 Å². The van der Waals surface area contributed by atoms with Crippen molar-refractivity contribution in [1.82, 2.24) is 0 Å². The molecule has 3 heterocycles. The lowest BCUT2D eigenvalue weighted by atomic mass is 9.74. The summed E-state index contributed by atoms with van der Waals surface area (Å²) in [6.07, 6.45) is 0. The lowest BCUT2D eigenvalue weighted by Gasteiger charge is -2.43. The van der Waals surface area contributed by atoms with Crippen LogP contribution in [0.4, 0.5) is 17.1 Å². The molecule has 70 heavy (non-hydrogen) atoms. The SMILES string of the molecule is CC(C)(C)c1cc(-c2ccc3c(c2)C2c4cc(C(C)(C)C)ccc4N(c4c(-c5ccccc5)cc5c(oc6ccccc65)c4-c4ccccc4)c4cc(-c5ccccc5)cc(c42)O3)cc(C(C)(C)C)c1. The van der Waals surface area contributed by atoms with Crippen LogP contribution in [0.5, 0.6) is 11.5 Å². The second kappa shape index (κ2) is 16.0. The van der Waals surface area contributed by atoms with E-state index in [9.17, 15) is 0 Å². The second-order valence-corrected chi connectivity index (χ2v) is 22.6. The van der Waals surface area contributed by atoms with Crippen molar-refractivity contribution in [1.29, 1.82) is 0 Å². The van der Waals surface area contributed by atoms with Crippen molar-refractivity contribution in [3.63, 3.8) is 0 Å². The molecular weight excluding hydrogens is 851 g/mol. The van der Waals surface area contributed by atoms with Crippen LogP contribution < -0.4 is 9.64 Å². The summed E-state index contributed by atoms with van der Waals surface area (Å²) >= 11 is 0. The fourth-order valence-corrected chi connectivity index (χ4v) is 10.9. The highest BCUT2D eigenvalue weighted by atomic mass is 16.5. The Morgan fingerprint density at radius 3 is 1.66 bits per heavy atom. The predicted molar refractivity (Wildman–Crippen MR) is 294 cm³/mol. The molecule has 3 nitrogen and oxygen atoms in total. The molecule has 0 saturated carbocycles. The summed E-state index contributed by atoms with van der Waals surface area (Å²) in [7, 11) is 0. The molecule has 1 aromatic heterocycles. The number of furan rings is 1. The van der Waals surface area contributed by atoms with E-state index in [1.807, 2.05) is 0 Å².